The van der Waals surface area contributed by atoms with Gasteiger partial charge in [0.1, 0.15) is 11.5 Å². The molecule has 0 atom stereocenters. The Hall–Kier alpha value is -1.98. The minimum atomic E-state index is -0.403. The van der Waals surface area contributed by atoms with Gasteiger partial charge in [0.05, 0.1) is 11.4 Å². The quantitative estimate of drug-likeness (QED) is 0.895. The zero-order valence-corrected chi connectivity index (χ0v) is 12.0. The van der Waals surface area contributed by atoms with E-state index in [1.807, 2.05) is 0 Å². The lowest BCUT2D eigenvalue weighted by Gasteiger charge is -2.15. The van der Waals surface area contributed by atoms with Crippen LogP contribution in [0.5, 0.6) is 0 Å². The van der Waals surface area contributed by atoms with Gasteiger partial charge >= 0.3 is 0 Å². The van der Waals surface area contributed by atoms with Crippen LogP contribution in [0.4, 0.5) is 10.1 Å². The standard InChI is InChI=1S/C15H14ClFN4/c16-10-3-4-12(17)11(6-10)14-7-13(18)15(21-20-14)9-2-1-5-19-8-9/h2-4,6-7,19H,1,5,8H2,(H2,18,20). The minimum absolute atomic E-state index is 0.295. The molecule has 2 aromatic rings. The van der Waals surface area contributed by atoms with Crippen molar-refractivity contribution >= 4 is 22.9 Å². The fourth-order valence-electron chi connectivity index (χ4n) is 2.31. The van der Waals surface area contributed by atoms with Crippen molar-refractivity contribution in [3.8, 4) is 11.3 Å². The molecule has 0 saturated heterocycles. The molecule has 0 saturated carbocycles. The van der Waals surface area contributed by atoms with Gasteiger partial charge in [-0.3, -0.25) is 0 Å². The number of nitrogen functional groups attached to an aromatic ring is 1. The molecule has 21 heavy (non-hydrogen) atoms. The Morgan fingerprint density at radius 1 is 1.24 bits per heavy atom. The molecule has 4 nitrogen and oxygen atoms in total. The fourth-order valence-corrected chi connectivity index (χ4v) is 2.48. The number of hydrogen-bond acceptors (Lipinski definition) is 4. The van der Waals surface area contributed by atoms with Crippen LogP contribution in [0.3, 0.4) is 0 Å². The Labute approximate surface area is 126 Å². The van der Waals surface area contributed by atoms with E-state index in [1.54, 1.807) is 6.07 Å². The molecule has 1 aliphatic rings. The molecule has 6 heteroatoms. The Morgan fingerprint density at radius 3 is 2.81 bits per heavy atom. The highest BCUT2D eigenvalue weighted by molar-refractivity contribution is 6.30. The maximum Gasteiger partial charge on any atom is 0.132 e. The molecule has 3 N–H and O–H groups in total. The second-order valence-corrected chi connectivity index (χ2v) is 5.29. The van der Waals surface area contributed by atoms with E-state index < -0.39 is 5.82 Å². The van der Waals surface area contributed by atoms with E-state index in [4.69, 9.17) is 17.3 Å². The van der Waals surface area contributed by atoms with E-state index in [1.165, 1.54) is 18.2 Å². The largest absolute Gasteiger partial charge is 0.397 e. The zero-order chi connectivity index (χ0) is 14.8. The van der Waals surface area contributed by atoms with Gasteiger partial charge in [0.25, 0.3) is 0 Å². The van der Waals surface area contributed by atoms with Crippen LogP contribution in [0.15, 0.2) is 30.3 Å². The Balaban J connectivity index is 2.01. The molecule has 1 aromatic carbocycles. The number of benzene rings is 1. The van der Waals surface area contributed by atoms with Crippen molar-refractivity contribution in [3.63, 3.8) is 0 Å². The number of nitrogens with one attached hydrogen (secondary N) is 1. The number of nitrogens with zero attached hydrogens (tertiary/aromatic N) is 2. The van der Waals surface area contributed by atoms with Crippen LogP contribution in [-0.2, 0) is 0 Å². The normalized spacial score (nSPS) is 14.9. The highest BCUT2D eigenvalue weighted by Crippen LogP contribution is 2.28. The molecule has 0 fully saturated rings. The lowest BCUT2D eigenvalue weighted by atomic mass is 10.0. The molecular formula is C15H14ClFN4. The van der Waals surface area contributed by atoms with Crippen LogP contribution in [0.2, 0.25) is 5.02 Å². The molecule has 3 rings (SSSR count). The summed E-state index contributed by atoms with van der Waals surface area (Å²) in [6, 6.07) is 5.94. The van der Waals surface area contributed by atoms with Crippen LogP contribution >= 0.6 is 11.6 Å². The highest BCUT2D eigenvalue weighted by atomic mass is 35.5. The molecule has 0 spiro atoms. The minimum Gasteiger partial charge on any atom is -0.397 e. The zero-order valence-electron chi connectivity index (χ0n) is 11.2. The highest BCUT2D eigenvalue weighted by Gasteiger charge is 2.14. The Morgan fingerprint density at radius 2 is 2.10 bits per heavy atom. The summed E-state index contributed by atoms with van der Waals surface area (Å²) in [4.78, 5) is 0. The summed E-state index contributed by atoms with van der Waals surface area (Å²) in [7, 11) is 0. The van der Waals surface area contributed by atoms with Gasteiger partial charge in [-0.05, 0) is 42.8 Å². The monoisotopic (exact) mass is 304 g/mol. The second kappa shape index (κ2) is 5.79. The van der Waals surface area contributed by atoms with Crippen molar-refractivity contribution in [3.05, 3.63) is 46.9 Å². The fraction of sp³-hybridized carbons (Fsp3) is 0.200. The van der Waals surface area contributed by atoms with Gasteiger partial charge in [0.15, 0.2) is 0 Å². The maximum absolute atomic E-state index is 13.9. The van der Waals surface area contributed by atoms with Gasteiger partial charge in [-0.25, -0.2) is 4.39 Å². The van der Waals surface area contributed by atoms with E-state index in [9.17, 15) is 4.39 Å². The molecular weight excluding hydrogens is 291 g/mol. The second-order valence-electron chi connectivity index (χ2n) is 4.85. The summed E-state index contributed by atoms with van der Waals surface area (Å²) in [5, 5.41) is 11.9. The molecule has 0 amide bonds. The lowest BCUT2D eigenvalue weighted by Crippen LogP contribution is -2.22. The lowest BCUT2D eigenvalue weighted by molar-refractivity contribution is 0.630. The predicted octanol–water partition coefficient (Wildman–Crippen LogP) is 2.90. The van der Waals surface area contributed by atoms with Gasteiger partial charge in [0, 0.05) is 17.1 Å². The Bertz CT molecular complexity index is 715. The summed E-state index contributed by atoms with van der Waals surface area (Å²) < 4.78 is 13.9. The van der Waals surface area contributed by atoms with E-state index in [-0.39, 0.29) is 0 Å². The van der Waals surface area contributed by atoms with E-state index in [0.717, 1.165) is 18.5 Å². The van der Waals surface area contributed by atoms with Gasteiger partial charge < -0.3 is 11.1 Å². The summed E-state index contributed by atoms with van der Waals surface area (Å²) in [6.45, 7) is 1.66. The van der Waals surface area contributed by atoms with E-state index >= 15 is 0 Å². The van der Waals surface area contributed by atoms with Crippen LogP contribution in [0.25, 0.3) is 16.8 Å². The van der Waals surface area contributed by atoms with Crippen molar-refractivity contribution in [2.24, 2.45) is 0 Å². The van der Waals surface area contributed by atoms with Crippen molar-refractivity contribution < 1.29 is 4.39 Å². The molecule has 0 bridgehead atoms. The molecule has 0 aliphatic carbocycles. The van der Waals surface area contributed by atoms with Crippen molar-refractivity contribution in [1.29, 1.82) is 0 Å². The average Bonchev–Trinajstić information content (AvgIpc) is 2.50. The Kier molecular flexibility index (Phi) is 3.86. The average molecular weight is 305 g/mol. The number of aromatic nitrogens is 2. The van der Waals surface area contributed by atoms with Gasteiger partial charge in [0.2, 0.25) is 0 Å². The molecule has 0 radical (unpaired) electrons. The summed E-state index contributed by atoms with van der Waals surface area (Å²) in [5.74, 6) is -0.403. The van der Waals surface area contributed by atoms with Crippen LogP contribution in [0.1, 0.15) is 12.1 Å². The van der Waals surface area contributed by atoms with Crippen molar-refractivity contribution in [2.75, 3.05) is 18.8 Å². The van der Waals surface area contributed by atoms with Gasteiger partial charge in [-0.2, -0.15) is 0 Å². The van der Waals surface area contributed by atoms with Crippen molar-refractivity contribution in [1.82, 2.24) is 15.5 Å². The first kappa shape index (κ1) is 14.0. The molecule has 1 aromatic heterocycles. The van der Waals surface area contributed by atoms with E-state index in [2.05, 4.69) is 21.6 Å². The molecule has 108 valence electrons. The van der Waals surface area contributed by atoms with Crippen molar-refractivity contribution in [2.45, 2.75) is 6.42 Å². The summed E-state index contributed by atoms with van der Waals surface area (Å²) in [5.41, 5.74) is 8.87. The predicted molar refractivity (Wildman–Crippen MR) is 82.3 cm³/mol. The van der Waals surface area contributed by atoms with Crippen LogP contribution in [-0.4, -0.2) is 23.3 Å². The number of hydrogen-bond donors (Lipinski definition) is 2. The number of rotatable bonds is 2. The van der Waals surface area contributed by atoms with Crippen LogP contribution < -0.4 is 11.1 Å². The third-order valence-corrected chi connectivity index (χ3v) is 3.59. The third kappa shape index (κ3) is 2.89. The molecule has 2 heterocycles. The van der Waals surface area contributed by atoms with Gasteiger partial charge in [-0.1, -0.05) is 17.7 Å². The van der Waals surface area contributed by atoms with Crippen LogP contribution in [0, 0.1) is 5.82 Å². The van der Waals surface area contributed by atoms with Gasteiger partial charge in [-0.15, -0.1) is 10.2 Å². The number of anilines is 1. The smallest absolute Gasteiger partial charge is 0.132 e. The first-order valence-electron chi connectivity index (χ1n) is 6.64. The number of halogens is 2. The SMILES string of the molecule is Nc1cc(-c2cc(Cl)ccc2F)nnc1C1=CCCNC1. The third-order valence-electron chi connectivity index (χ3n) is 3.36. The first-order chi connectivity index (χ1) is 10.1. The van der Waals surface area contributed by atoms with E-state index in [0.29, 0.717) is 34.2 Å². The topological polar surface area (TPSA) is 63.8 Å². The summed E-state index contributed by atoms with van der Waals surface area (Å²) in [6.07, 6.45) is 3.03. The molecule has 0 unspecified atom stereocenters. The maximum atomic E-state index is 13.9. The summed E-state index contributed by atoms with van der Waals surface area (Å²) >= 11 is 5.90. The molecule has 1 aliphatic heterocycles. The number of nitrogens with two attached hydrogens (primary N) is 1. The first-order valence-corrected chi connectivity index (χ1v) is 7.01.